The molecule has 2 N–H and O–H groups in total. The van der Waals surface area contributed by atoms with Crippen LogP contribution in [0, 0.1) is 17.8 Å². The number of rotatable bonds is 18. The summed E-state index contributed by atoms with van der Waals surface area (Å²) in [5.74, 6) is 2.46. The fraction of sp³-hybridized carbons (Fsp3) is 1.00. The molecule has 0 aliphatic rings. The Morgan fingerprint density at radius 2 is 1.16 bits per heavy atom. The van der Waals surface area contributed by atoms with E-state index < -0.39 is 0 Å². The van der Waals surface area contributed by atoms with Crippen molar-refractivity contribution in [3.05, 3.63) is 0 Å². The average molecular weight is 354 g/mol. The summed E-state index contributed by atoms with van der Waals surface area (Å²) in [6.45, 7) is 11.8. The van der Waals surface area contributed by atoms with Crippen LogP contribution in [0.25, 0.3) is 0 Å². The predicted molar refractivity (Wildman–Crippen MR) is 116 cm³/mol. The number of nitrogens with two attached hydrogens (primary N) is 1. The van der Waals surface area contributed by atoms with Crippen molar-refractivity contribution in [2.24, 2.45) is 23.5 Å². The van der Waals surface area contributed by atoms with E-state index in [2.05, 4.69) is 34.6 Å². The number of hydrogen-bond donors (Lipinski definition) is 1. The maximum Gasteiger partial charge on any atom is 0.00671 e. The van der Waals surface area contributed by atoms with E-state index >= 15 is 0 Å². The zero-order chi connectivity index (χ0) is 18.9. The van der Waals surface area contributed by atoms with Crippen molar-refractivity contribution >= 4 is 0 Å². The minimum atomic E-state index is 0.414. The smallest absolute Gasteiger partial charge is 0.00671 e. The van der Waals surface area contributed by atoms with Crippen LogP contribution in [0.5, 0.6) is 0 Å². The molecule has 152 valence electrons. The summed E-state index contributed by atoms with van der Waals surface area (Å²) in [4.78, 5) is 0. The highest BCUT2D eigenvalue weighted by Gasteiger charge is 2.25. The lowest BCUT2D eigenvalue weighted by atomic mass is 9.76. The lowest BCUT2D eigenvalue weighted by molar-refractivity contribution is 0.212. The Bertz CT molecular complexity index is 263. The van der Waals surface area contributed by atoms with Crippen LogP contribution in [0.2, 0.25) is 0 Å². The van der Waals surface area contributed by atoms with Crippen LogP contribution in [0.4, 0.5) is 0 Å². The fourth-order valence-electron chi connectivity index (χ4n) is 4.27. The van der Waals surface area contributed by atoms with Gasteiger partial charge in [-0.25, -0.2) is 0 Å². The van der Waals surface area contributed by atoms with Crippen molar-refractivity contribution < 1.29 is 0 Å². The Morgan fingerprint density at radius 3 is 1.72 bits per heavy atom. The van der Waals surface area contributed by atoms with Gasteiger partial charge in [0.1, 0.15) is 0 Å². The first kappa shape index (κ1) is 25.0. The quantitative estimate of drug-likeness (QED) is 0.247. The second-order valence-electron chi connectivity index (χ2n) is 8.63. The first-order valence-corrected chi connectivity index (χ1v) is 11.9. The molecular weight excluding hydrogens is 302 g/mol. The summed E-state index contributed by atoms with van der Waals surface area (Å²) in [5.41, 5.74) is 6.64. The SMILES string of the molecule is CCCCCCC(N)[C@@H](C)[C@H](CCCCC)C[C@H](CC)CCCCC. The Kier molecular flexibility index (Phi) is 17.3. The molecule has 1 nitrogen and oxygen atoms in total. The van der Waals surface area contributed by atoms with Gasteiger partial charge in [0.05, 0.1) is 0 Å². The molecule has 4 atom stereocenters. The standard InChI is InChI=1S/C24H51N/c1-6-10-13-16-19-24(25)21(5)23(18-15-12-8-3)20-22(9-4)17-14-11-7-2/h21-24H,6-20,25H2,1-5H3/t21-,22+,23+,24?/m0/s1. The van der Waals surface area contributed by atoms with Crippen LogP contribution < -0.4 is 5.73 Å². The van der Waals surface area contributed by atoms with Gasteiger partial charge in [-0.3, -0.25) is 0 Å². The molecule has 25 heavy (non-hydrogen) atoms. The Balaban J connectivity index is 4.53. The molecule has 0 aromatic carbocycles. The zero-order valence-electron chi connectivity index (χ0n) is 18.5. The van der Waals surface area contributed by atoms with Crippen molar-refractivity contribution in [2.45, 2.75) is 137 Å². The fourth-order valence-corrected chi connectivity index (χ4v) is 4.27. The van der Waals surface area contributed by atoms with Crippen molar-refractivity contribution in [2.75, 3.05) is 0 Å². The number of hydrogen-bond acceptors (Lipinski definition) is 1. The lowest BCUT2D eigenvalue weighted by Gasteiger charge is -2.32. The predicted octanol–water partition coefficient (Wildman–Crippen LogP) is 8.11. The molecule has 0 amide bonds. The molecule has 0 saturated heterocycles. The maximum atomic E-state index is 6.64. The van der Waals surface area contributed by atoms with Gasteiger partial charge < -0.3 is 5.73 Å². The van der Waals surface area contributed by atoms with Gasteiger partial charge in [0.15, 0.2) is 0 Å². The summed E-state index contributed by atoms with van der Waals surface area (Å²) in [5, 5.41) is 0. The van der Waals surface area contributed by atoms with Crippen LogP contribution in [0.1, 0.15) is 131 Å². The molecule has 0 rings (SSSR count). The molecule has 0 aromatic rings. The van der Waals surface area contributed by atoms with Crippen molar-refractivity contribution in [3.63, 3.8) is 0 Å². The van der Waals surface area contributed by atoms with E-state index in [1.807, 2.05) is 0 Å². The molecule has 1 heteroatoms. The van der Waals surface area contributed by atoms with Crippen LogP contribution in [0.15, 0.2) is 0 Å². The third-order valence-corrected chi connectivity index (χ3v) is 6.42. The largest absolute Gasteiger partial charge is 0.327 e. The van der Waals surface area contributed by atoms with Crippen molar-refractivity contribution in [3.8, 4) is 0 Å². The molecule has 0 aromatic heterocycles. The highest BCUT2D eigenvalue weighted by atomic mass is 14.6. The van der Waals surface area contributed by atoms with Crippen LogP contribution >= 0.6 is 0 Å². The van der Waals surface area contributed by atoms with E-state index in [0.717, 1.165) is 11.8 Å². The number of unbranched alkanes of at least 4 members (excludes halogenated alkanes) is 7. The van der Waals surface area contributed by atoms with Crippen molar-refractivity contribution in [1.29, 1.82) is 0 Å². The summed E-state index contributed by atoms with van der Waals surface area (Å²) >= 11 is 0. The molecule has 0 saturated carbocycles. The van der Waals surface area contributed by atoms with E-state index in [0.29, 0.717) is 12.0 Å². The molecule has 0 spiro atoms. The first-order valence-electron chi connectivity index (χ1n) is 11.9. The van der Waals surface area contributed by atoms with Gasteiger partial charge in [0, 0.05) is 6.04 Å². The Morgan fingerprint density at radius 1 is 0.640 bits per heavy atom. The minimum absolute atomic E-state index is 0.414. The highest BCUT2D eigenvalue weighted by Crippen LogP contribution is 2.32. The van der Waals surface area contributed by atoms with Crippen LogP contribution in [0.3, 0.4) is 0 Å². The summed E-state index contributed by atoms with van der Waals surface area (Å²) in [6.07, 6.45) is 20.5. The van der Waals surface area contributed by atoms with E-state index in [1.54, 1.807) is 0 Å². The monoisotopic (exact) mass is 353 g/mol. The minimum Gasteiger partial charge on any atom is -0.327 e. The van der Waals surface area contributed by atoms with Gasteiger partial charge in [-0.05, 0) is 30.6 Å². The average Bonchev–Trinajstić information content (AvgIpc) is 2.62. The van der Waals surface area contributed by atoms with Crippen LogP contribution in [-0.2, 0) is 0 Å². The maximum absolute atomic E-state index is 6.64. The van der Waals surface area contributed by atoms with E-state index in [4.69, 9.17) is 5.73 Å². The summed E-state index contributed by atoms with van der Waals surface area (Å²) < 4.78 is 0. The van der Waals surface area contributed by atoms with Gasteiger partial charge in [-0.1, -0.05) is 118 Å². The van der Waals surface area contributed by atoms with Gasteiger partial charge in [0.2, 0.25) is 0 Å². The highest BCUT2D eigenvalue weighted by molar-refractivity contribution is 4.79. The molecule has 0 aliphatic heterocycles. The third kappa shape index (κ3) is 12.9. The van der Waals surface area contributed by atoms with Gasteiger partial charge in [0.25, 0.3) is 0 Å². The topological polar surface area (TPSA) is 26.0 Å². The summed E-state index contributed by atoms with van der Waals surface area (Å²) in [6, 6.07) is 0.414. The molecular formula is C24H51N. The first-order chi connectivity index (χ1) is 12.1. The Labute approximate surface area is 160 Å². The molecule has 0 heterocycles. The van der Waals surface area contributed by atoms with Crippen LogP contribution in [-0.4, -0.2) is 6.04 Å². The van der Waals surface area contributed by atoms with E-state index in [-0.39, 0.29) is 0 Å². The molecule has 0 radical (unpaired) electrons. The summed E-state index contributed by atoms with van der Waals surface area (Å²) in [7, 11) is 0. The second kappa shape index (κ2) is 17.4. The Hall–Kier alpha value is -0.0400. The molecule has 0 bridgehead atoms. The molecule has 0 aliphatic carbocycles. The van der Waals surface area contributed by atoms with Gasteiger partial charge >= 0.3 is 0 Å². The molecule has 0 fully saturated rings. The van der Waals surface area contributed by atoms with Gasteiger partial charge in [-0.15, -0.1) is 0 Å². The normalized spacial score (nSPS) is 16.6. The van der Waals surface area contributed by atoms with E-state index in [9.17, 15) is 0 Å². The third-order valence-electron chi connectivity index (χ3n) is 6.42. The second-order valence-corrected chi connectivity index (χ2v) is 8.63. The van der Waals surface area contributed by atoms with E-state index in [1.165, 1.54) is 96.3 Å². The molecule has 1 unspecified atom stereocenters. The lowest BCUT2D eigenvalue weighted by Crippen LogP contribution is -2.34. The van der Waals surface area contributed by atoms with Gasteiger partial charge in [-0.2, -0.15) is 0 Å². The zero-order valence-corrected chi connectivity index (χ0v) is 18.5. The van der Waals surface area contributed by atoms with Crippen molar-refractivity contribution in [1.82, 2.24) is 0 Å².